The lowest BCUT2D eigenvalue weighted by atomic mass is 10.1. The Kier molecular flexibility index (Phi) is 12.5. The molecule has 0 saturated carbocycles. The second kappa shape index (κ2) is 13.2. The largest absolute Gasteiger partial charge is 0.328 e. The van der Waals surface area contributed by atoms with Gasteiger partial charge in [-0.05, 0) is 25.0 Å². The number of nitrogens with zero attached hydrogens (tertiary/aromatic N) is 1. The highest BCUT2D eigenvalue weighted by atomic mass is 14.6. The SMILES string of the molecule is CCCCCCCC(N)CC.c1ccncc1. The molecule has 2 nitrogen and oxygen atoms in total. The summed E-state index contributed by atoms with van der Waals surface area (Å²) in [6.45, 7) is 4.41. The van der Waals surface area contributed by atoms with Gasteiger partial charge in [0.1, 0.15) is 0 Å². The van der Waals surface area contributed by atoms with Crippen LogP contribution >= 0.6 is 0 Å². The lowest BCUT2D eigenvalue weighted by molar-refractivity contribution is 0.531. The standard InChI is InChI=1S/C10H23N.C5H5N/c1-3-5-6-7-8-9-10(11)4-2;1-2-4-6-5-3-1/h10H,3-9,11H2,1-2H3;1-5H. The van der Waals surface area contributed by atoms with Crippen molar-refractivity contribution in [3.8, 4) is 0 Å². The van der Waals surface area contributed by atoms with E-state index in [1.165, 1.54) is 38.5 Å². The summed E-state index contributed by atoms with van der Waals surface area (Å²) in [5.41, 5.74) is 5.79. The van der Waals surface area contributed by atoms with E-state index in [1.807, 2.05) is 18.2 Å². The molecule has 0 aliphatic heterocycles. The molecule has 1 heterocycles. The molecular formula is C15H28N2. The van der Waals surface area contributed by atoms with Crippen molar-refractivity contribution in [2.45, 2.75) is 64.8 Å². The highest BCUT2D eigenvalue weighted by Crippen LogP contribution is 2.07. The number of pyridine rings is 1. The van der Waals surface area contributed by atoms with Crippen LogP contribution in [0.5, 0.6) is 0 Å². The van der Waals surface area contributed by atoms with Crippen molar-refractivity contribution in [1.82, 2.24) is 4.98 Å². The Bertz CT molecular complexity index is 197. The van der Waals surface area contributed by atoms with Gasteiger partial charge in [0.15, 0.2) is 0 Å². The Morgan fingerprint density at radius 1 is 0.941 bits per heavy atom. The van der Waals surface area contributed by atoms with Crippen molar-refractivity contribution in [3.05, 3.63) is 30.6 Å². The Hall–Kier alpha value is -0.890. The minimum Gasteiger partial charge on any atom is -0.328 e. The smallest absolute Gasteiger partial charge is 0.0267 e. The van der Waals surface area contributed by atoms with Crippen molar-refractivity contribution >= 4 is 0 Å². The second-order valence-electron chi connectivity index (χ2n) is 4.40. The van der Waals surface area contributed by atoms with E-state index in [2.05, 4.69) is 18.8 Å². The molecule has 0 radical (unpaired) electrons. The van der Waals surface area contributed by atoms with Gasteiger partial charge in [0, 0.05) is 18.4 Å². The van der Waals surface area contributed by atoms with Gasteiger partial charge in [-0.1, -0.05) is 52.0 Å². The maximum Gasteiger partial charge on any atom is 0.0267 e. The predicted molar refractivity (Wildman–Crippen MR) is 75.9 cm³/mol. The molecule has 0 bridgehead atoms. The van der Waals surface area contributed by atoms with E-state index in [4.69, 9.17) is 5.73 Å². The fraction of sp³-hybridized carbons (Fsp3) is 0.667. The van der Waals surface area contributed by atoms with Crippen molar-refractivity contribution in [2.75, 3.05) is 0 Å². The highest BCUT2D eigenvalue weighted by Gasteiger charge is 1.97. The quantitative estimate of drug-likeness (QED) is 0.722. The summed E-state index contributed by atoms with van der Waals surface area (Å²) in [6, 6.07) is 6.17. The highest BCUT2D eigenvalue weighted by molar-refractivity contribution is 4.88. The molecule has 0 fully saturated rings. The number of aromatic nitrogens is 1. The van der Waals surface area contributed by atoms with Gasteiger partial charge < -0.3 is 5.73 Å². The topological polar surface area (TPSA) is 38.9 Å². The van der Waals surface area contributed by atoms with Crippen LogP contribution in [0.15, 0.2) is 30.6 Å². The molecule has 98 valence electrons. The molecule has 0 amide bonds. The zero-order chi connectivity index (χ0) is 12.8. The van der Waals surface area contributed by atoms with E-state index < -0.39 is 0 Å². The van der Waals surface area contributed by atoms with E-state index >= 15 is 0 Å². The fourth-order valence-corrected chi connectivity index (χ4v) is 1.53. The van der Waals surface area contributed by atoms with Crippen LogP contribution in [0.4, 0.5) is 0 Å². The third kappa shape index (κ3) is 13.0. The fourth-order valence-electron chi connectivity index (χ4n) is 1.53. The summed E-state index contributed by atoms with van der Waals surface area (Å²) in [5.74, 6) is 0. The molecule has 1 rings (SSSR count). The molecule has 1 aromatic heterocycles. The maximum atomic E-state index is 5.79. The number of nitrogens with two attached hydrogens (primary N) is 1. The molecule has 1 unspecified atom stereocenters. The van der Waals surface area contributed by atoms with Gasteiger partial charge in [0.05, 0.1) is 0 Å². The lowest BCUT2D eigenvalue weighted by Gasteiger charge is -2.06. The van der Waals surface area contributed by atoms with Crippen LogP contribution in [-0.2, 0) is 0 Å². The Morgan fingerprint density at radius 3 is 2.00 bits per heavy atom. The van der Waals surface area contributed by atoms with Crippen LogP contribution in [0.1, 0.15) is 58.8 Å². The van der Waals surface area contributed by atoms with Gasteiger partial charge in [0.2, 0.25) is 0 Å². The van der Waals surface area contributed by atoms with Gasteiger partial charge in [-0.25, -0.2) is 0 Å². The molecular weight excluding hydrogens is 208 g/mol. The first-order valence-electron chi connectivity index (χ1n) is 6.91. The lowest BCUT2D eigenvalue weighted by Crippen LogP contribution is -2.17. The number of rotatable bonds is 7. The molecule has 0 aliphatic rings. The monoisotopic (exact) mass is 236 g/mol. The molecule has 2 N–H and O–H groups in total. The average molecular weight is 236 g/mol. The third-order valence-electron chi connectivity index (χ3n) is 2.77. The van der Waals surface area contributed by atoms with Gasteiger partial charge in [-0.15, -0.1) is 0 Å². The number of unbranched alkanes of at least 4 members (excludes halogenated alkanes) is 4. The first-order chi connectivity index (χ1) is 8.31. The third-order valence-corrected chi connectivity index (χ3v) is 2.77. The summed E-state index contributed by atoms with van der Waals surface area (Å²) < 4.78 is 0. The molecule has 1 atom stereocenters. The minimum absolute atomic E-state index is 0.455. The normalized spacial score (nSPS) is 11.5. The van der Waals surface area contributed by atoms with E-state index in [0.29, 0.717) is 6.04 Å². The number of hydrogen-bond acceptors (Lipinski definition) is 2. The van der Waals surface area contributed by atoms with Gasteiger partial charge in [-0.2, -0.15) is 0 Å². The zero-order valence-corrected chi connectivity index (χ0v) is 11.4. The Labute approximate surface area is 107 Å². The van der Waals surface area contributed by atoms with Crippen LogP contribution in [-0.4, -0.2) is 11.0 Å². The van der Waals surface area contributed by atoms with Crippen LogP contribution in [0.2, 0.25) is 0 Å². The van der Waals surface area contributed by atoms with Crippen LogP contribution in [0.25, 0.3) is 0 Å². The van der Waals surface area contributed by atoms with Crippen molar-refractivity contribution in [3.63, 3.8) is 0 Å². The van der Waals surface area contributed by atoms with Crippen molar-refractivity contribution in [2.24, 2.45) is 5.73 Å². The van der Waals surface area contributed by atoms with Gasteiger partial charge in [0.25, 0.3) is 0 Å². The van der Waals surface area contributed by atoms with E-state index in [1.54, 1.807) is 12.4 Å². The molecule has 0 aromatic carbocycles. The average Bonchev–Trinajstić information content (AvgIpc) is 2.41. The Morgan fingerprint density at radius 2 is 1.59 bits per heavy atom. The summed E-state index contributed by atoms with van der Waals surface area (Å²) in [7, 11) is 0. The van der Waals surface area contributed by atoms with Crippen LogP contribution < -0.4 is 5.73 Å². The predicted octanol–water partition coefficient (Wildman–Crippen LogP) is 4.17. The van der Waals surface area contributed by atoms with Gasteiger partial charge >= 0.3 is 0 Å². The zero-order valence-electron chi connectivity index (χ0n) is 11.4. The molecule has 17 heavy (non-hydrogen) atoms. The Balaban J connectivity index is 0.000000354. The summed E-state index contributed by atoms with van der Waals surface area (Å²) >= 11 is 0. The molecule has 1 aromatic rings. The summed E-state index contributed by atoms with van der Waals surface area (Å²) in [4.78, 5) is 3.78. The van der Waals surface area contributed by atoms with E-state index in [0.717, 1.165) is 6.42 Å². The van der Waals surface area contributed by atoms with E-state index in [9.17, 15) is 0 Å². The first kappa shape index (κ1) is 16.1. The first-order valence-corrected chi connectivity index (χ1v) is 6.91. The van der Waals surface area contributed by atoms with Crippen molar-refractivity contribution < 1.29 is 0 Å². The maximum absolute atomic E-state index is 5.79. The summed E-state index contributed by atoms with van der Waals surface area (Å²) in [6.07, 6.45) is 12.7. The van der Waals surface area contributed by atoms with Crippen molar-refractivity contribution in [1.29, 1.82) is 0 Å². The number of hydrogen-bond donors (Lipinski definition) is 1. The van der Waals surface area contributed by atoms with Crippen LogP contribution in [0.3, 0.4) is 0 Å². The molecule has 0 saturated heterocycles. The molecule has 0 aliphatic carbocycles. The second-order valence-corrected chi connectivity index (χ2v) is 4.40. The summed E-state index contributed by atoms with van der Waals surface area (Å²) in [5, 5.41) is 0. The molecule has 0 spiro atoms. The van der Waals surface area contributed by atoms with Gasteiger partial charge in [-0.3, -0.25) is 4.98 Å². The minimum atomic E-state index is 0.455. The van der Waals surface area contributed by atoms with Crippen LogP contribution in [0, 0.1) is 0 Å². The molecule has 2 heteroatoms. The van der Waals surface area contributed by atoms with E-state index in [-0.39, 0.29) is 0 Å².